The van der Waals surface area contributed by atoms with Gasteiger partial charge in [0.25, 0.3) is 0 Å². The van der Waals surface area contributed by atoms with Crippen molar-refractivity contribution >= 4 is 0 Å². The van der Waals surface area contributed by atoms with Gasteiger partial charge in [-0.05, 0) is 44.8 Å². The maximum absolute atomic E-state index is 3.53. The zero-order valence-corrected chi connectivity index (χ0v) is 10.2. The SMILES string of the molecule is CC1CNCCCN(C2CCCCC2)C1. The highest BCUT2D eigenvalue weighted by atomic mass is 15.2. The minimum atomic E-state index is 0.826. The van der Waals surface area contributed by atoms with Crippen molar-refractivity contribution in [2.24, 2.45) is 5.92 Å². The van der Waals surface area contributed by atoms with Crippen molar-refractivity contribution in [1.82, 2.24) is 10.2 Å². The Morgan fingerprint density at radius 3 is 2.67 bits per heavy atom. The highest BCUT2D eigenvalue weighted by Gasteiger charge is 2.22. The van der Waals surface area contributed by atoms with E-state index in [1.807, 2.05) is 0 Å². The molecular weight excluding hydrogens is 184 g/mol. The first-order chi connectivity index (χ1) is 7.36. The number of hydrogen-bond acceptors (Lipinski definition) is 2. The van der Waals surface area contributed by atoms with E-state index in [0.29, 0.717) is 0 Å². The van der Waals surface area contributed by atoms with Crippen LogP contribution in [-0.2, 0) is 0 Å². The van der Waals surface area contributed by atoms with Gasteiger partial charge in [-0.1, -0.05) is 26.2 Å². The Bertz CT molecular complexity index is 175. The predicted octanol–water partition coefficient (Wildman–Crippen LogP) is 2.25. The molecule has 1 N–H and O–H groups in total. The molecule has 0 aromatic carbocycles. The van der Waals surface area contributed by atoms with Gasteiger partial charge in [-0.3, -0.25) is 0 Å². The van der Waals surface area contributed by atoms with Crippen LogP contribution in [0.15, 0.2) is 0 Å². The molecule has 0 amide bonds. The first-order valence-corrected chi connectivity index (χ1v) is 6.81. The van der Waals surface area contributed by atoms with Gasteiger partial charge in [-0.2, -0.15) is 0 Å². The lowest BCUT2D eigenvalue weighted by molar-refractivity contribution is 0.126. The summed E-state index contributed by atoms with van der Waals surface area (Å²) in [7, 11) is 0. The van der Waals surface area contributed by atoms with Crippen LogP contribution in [0.3, 0.4) is 0 Å². The normalized spacial score (nSPS) is 32.2. The third-order valence-corrected chi connectivity index (χ3v) is 3.93. The summed E-state index contributed by atoms with van der Waals surface area (Å²) in [5.41, 5.74) is 0. The molecule has 1 aliphatic carbocycles. The van der Waals surface area contributed by atoms with Crippen molar-refractivity contribution in [3.63, 3.8) is 0 Å². The van der Waals surface area contributed by atoms with Crippen LogP contribution < -0.4 is 5.32 Å². The van der Waals surface area contributed by atoms with Crippen molar-refractivity contribution in [2.45, 2.75) is 51.5 Å². The van der Waals surface area contributed by atoms with Crippen molar-refractivity contribution < 1.29 is 0 Å². The molecule has 15 heavy (non-hydrogen) atoms. The van der Waals surface area contributed by atoms with E-state index in [9.17, 15) is 0 Å². The highest BCUT2D eigenvalue weighted by Crippen LogP contribution is 2.23. The van der Waals surface area contributed by atoms with Gasteiger partial charge >= 0.3 is 0 Å². The van der Waals surface area contributed by atoms with E-state index in [0.717, 1.165) is 12.0 Å². The van der Waals surface area contributed by atoms with E-state index < -0.39 is 0 Å². The Morgan fingerprint density at radius 1 is 1.07 bits per heavy atom. The molecule has 1 unspecified atom stereocenters. The average molecular weight is 210 g/mol. The second-order valence-corrected chi connectivity index (χ2v) is 5.45. The van der Waals surface area contributed by atoms with Crippen molar-refractivity contribution in [2.75, 3.05) is 26.2 Å². The summed E-state index contributed by atoms with van der Waals surface area (Å²) in [6.07, 6.45) is 8.66. The van der Waals surface area contributed by atoms with Gasteiger partial charge in [0, 0.05) is 12.6 Å². The minimum Gasteiger partial charge on any atom is -0.316 e. The Morgan fingerprint density at radius 2 is 1.87 bits per heavy atom. The van der Waals surface area contributed by atoms with E-state index in [4.69, 9.17) is 0 Å². The third kappa shape index (κ3) is 3.46. The lowest BCUT2D eigenvalue weighted by atomic mass is 9.93. The minimum absolute atomic E-state index is 0.826. The van der Waals surface area contributed by atoms with Crippen molar-refractivity contribution in [3.05, 3.63) is 0 Å². The molecular formula is C13H26N2. The Hall–Kier alpha value is -0.0800. The molecule has 0 spiro atoms. The van der Waals surface area contributed by atoms with Gasteiger partial charge in [0.1, 0.15) is 0 Å². The Labute approximate surface area is 94.4 Å². The maximum Gasteiger partial charge on any atom is 0.00953 e. The molecule has 0 radical (unpaired) electrons. The first kappa shape index (κ1) is 11.4. The van der Waals surface area contributed by atoms with Gasteiger partial charge in [-0.25, -0.2) is 0 Å². The molecule has 2 aliphatic rings. The standard InChI is InChI=1S/C13H26N2/c1-12-10-14-8-5-9-15(11-12)13-6-3-2-4-7-13/h12-14H,2-11H2,1H3. The lowest BCUT2D eigenvalue weighted by Gasteiger charge is -2.37. The van der Waals surface area contributed by atoms with Gasteiger partial charge < -0.3 is 10.2 Å². The smallest absolute Gasteiger partial charge is 0.00953 e. The second kappa shape index (κ2) is 5.86. The summed E-state index contributed by atoms with van der Waals surface area (Å²) in [5.74, 6) is 0.826. The second-order valence-electron chi connectivity index (χ2n) is 5.45. The van der Waals surface area contributed by atoms with E-state index in [1.165, 1.54) is 64.7 Å². The monoisotopic (exact) mass is 210 g/mol. The molecule has 0 aromatic heterocycles. The van der Waals surface area contributed by atoms with Gasteiger partial charge in [0.15, 0.2) is 0 Å². The van der Waals surface area contributed by atoms with Crippen molar-refractivity contribution in [3.8, 4) is 0 Å². The third-order valence-electron chi connectivity index (χ3n) is 3.93. The number of nitrogens with one attached hydrogen (secondary N) is 1. The maximum atomic E-state index is 3.53. The molecule has 0 bridgehead atoms. The molecule has 1 aliphatic heterocycles. The van der Waals surface area contributed by atoms with E-state index in [1.54, 1.807) is 0 Å². The van der Waals surface area contributed by atoms with Crippen LogP contribution >= 0.6 is 0 Å². The largest absolute Gasteiger partial charge is 0.316 e. The highest BCUT2D eigenvalue weighted by molar-refractivity contribution is 4.79. The van der Waals surface area contributed by atoms with Gasteiger partial charge in [0.05, 0.1) is 0 Å². The summed E-state index contributed by atoms with van der Waals surface area (Å²) in [6.45, 7) is 7.45. The molecule has 88 valence electrons. The van der Waals surface area contributed by atoms with Gasteiger partial charge in [0.2, 0.25) is 0 Å². The lowest BCUT2D eigenvalue weighted by Crippen LogP contribution is -2.44. The first-order valence-electron chi connectivity index (χ1n) is 6.81. The number of rotatable bonds is 1. The molecule has 1 saturated carbocycles. The van der Waals surface area contributed by atoms with Gasteiger partial charge in [-0.15, -0.1) is 0 Å². The molecule has 2 nitrogen and oxygen atoms in total. The van der Waals surface area contributed by atoms with Crippen LogP contribution in [0, 0.1) is 5.92 Å². The van der Waals surface area contributed by atoms with Crippen LogP contribution in [0.5, 0.6) is 0 Å². The van der Waals surface area contributed by atoms with E-state index >= 15 is 0 Å². The fourth-order valence-corrected chi connectivity index (χ4v) is 3.09. The predicted molar refractivity (Wildman–Crippen MR) is 65.1 cm³/mol. The quantitative estimate of drug-likeness (QED) is 0.714. The fraction of sp³-hybridized carbons (Fsp3) is 1.00. The fourth-order valence-electron chi connectivity index (χ4n) is 3.09. The molecule has 1 saturated heterocycles. The van der Waals surface area contributed by atoms with Crippen LogP contribution in [0.1, 0.15) is 45.4 Å². The van der Waals surface area contributed by atoms with E-state index in [2.05, 4.69) is 17.1 Å². The summed E-state index contributed by atoms with van der Waals surface area (Å²) in [4.78, 5) is 2.78. The summed E-state index contributed by atoms with van der Waals surface area (Å²) in [6, 6.07) is 0.916. The van der Waals surface area contributed by atoms with Crippen LogP contribution in [0.4, 0.5) is 0 Å². The molecule has 0 aromatic rings. The van der Waals surface area contributed by atoms with Crippen LogP contribution in [0.2, 0.25) is 0 Å². The Balaban J connectivity index is 1.86. The van der Waals surface area contributed by atoms with Crippen molar-refractivity contribution in [1.29, 1.82) is 0 Å². The number of nitrogens with zero attached hydrogens (tertiary/aromatic N) is 1. The summed E-state index contributed by atoms with van der Waals surface area (Å²) < 4.78 is 0. The Kier molecular flexibility index (Phi) is 4.45. The summed E-state index contributed by atoms with van der Waals surface area (Å²) in [5, 5.41) is 3.53. The average Bonchev–Trinajstić information content (AvgIpc) is 2.24. The zero-order chi connectivity index (χ0) is 10.5. The zero-order valence-electron chi connectivity index (χ0n) is 10.2. The molecule has 1 heterocycles. The molecule has 2 rings (SSSR count). The van der Waals surface area contributed by atoms with Crippen LogP contribution in [0.25, 0.3) is 0 Å². The number of hydrogen-bond donors (Lipinski definition) is 1. The summed E-state index contributed by atoms with van der Waals surface area (Å²) >= 11 is 0. The molecule has 2 fully saturated rings. The topological polar surface area (TPSA) is 15.3 Å². The molecule has 2 heteroatoms. The van der Waals surface area contributed by atoms with Crippen LogP contribution in [-0.4, -0.2) is 37.1 Å². The van der Waals surface area contributed by atoms with E-state index in [-0.39, 0.29) is 0 Å². The molecule has 1 atom stereocenters.